The van der Waals surface area contributed by atoms with Crippen molar-refractivity contribution in [1.29, 1.82) is 0 Å². The number of carbonyl (C=O) groups is 2. The minimum absolute atomic E-state index is 0.0969. The van der Waals surface area contributed by atoms with E-state index in [4.69, 9.17) is 4.74 Å². The van der Waals surface area contributed by atoms with E-state index < -0.39 is 16.8 Å². The standard InChI is InChI=1S/C13H14N2O5/c1-3-20-12(16)8-9(2)14-13(17)10-4-6-11(7-5-10)15(18)19/h4-8H,3H2,1-2H3,(H,14,17). The van der Waals surface area contributed by atoms with Gasteiger partial charge in [0.1, 0.15) is 0 Å². The van der Waals surface area contributed by atoms with Gasteiger partial charge in [0.2, 0.25) is 0 Å². The second kappa shape index (κ2) is 7.03. The Hall–Kier alpha value is -2.70. The smallest absolute Gasteiger partial charge is 0.332 e. The molecule has 106 valence electrons. The van der Waals surface area contributed by atoms with E-state index in [0.717, 1.165) is 6.08 Å². The van der Waals surface area contributed by atoms with Crippen molar-refractivity contribution >= 4 is 17.6 Å². The number of carbonyl (C=O) groups excluding carboxylic acids is 2. The lowest BCUT2D eigenvalue weighted by Crippen LogP contribution is -2.22. The number of nitrogens with zero attached hydrogens (tertiary/aromatic N) is 1. The summed E-state index contributed by atoms with van der Waals surface area (Å²) < 4.78 is 4.70. The summed E-state index contributed by atoms with van der Waals surface area (Å²) in [6.07, 6.45) is 1.16. The Bertz CT molecular complexity index is 548. The molecule has 0 spiro atoms. The maximum Gasteiger partial charge on any atom is 0.332 e. The van der Waals surface area contributed by atoms with Gasteiger partial charge in [0.25, 0.3) is 11.6 Å². The molecule has 0 aliphatic heterocycles. The summed E-state index contributed by atoms with van der Waals surface area (Å²) >= 11 is 0. The van der Waals surface area contributed by atoms with Crippen LogP contribution in [0.4, 0.5) is 5.69 Å². The number of nitro groups is 1. The van der Waals surface area contributed by atoms with Crippen LogP contribution in [0.15, 0.2) is 36.0 Å². The molecule has 1 amide bonds. The van der Waals surface area contributed by atoms with E-state index in [1.807, 2.05) is 0 Å². The first-order chi connectivity index (χ1) is 9.43. The maximum absolute atomic E-state index is 11.8. The first kappa shape index (κ1) is 15.4. The Morgan fingerprint density at radius 1 is 1.35 bits per heavy atom. The summed E-state index contributed by atoms with van der Waals surface area (Å²) in [5.74, 6) is -1.01. The van der Waals surface area contributed by atoms with Crippen molar-refractivity contribution in [3.63, 3.8) is 0 Å². The Balaban J connectivity index is 2.71. The van der Waals surface area contributed by atoms with Gasteiger partial charge in [-0.1, -0.05) is 0 Å². The zero-order valence-electron chi connectivity index (χ0n) is 11.1. The van der Waals surface area contributed by atoms with Crippen LogP contribution in [0.5, 0.6) is 0 Å². The van der Waals surface area contributed by atoms with E-state index in [9.17, 15) is 19.7 Å². The molecule has 1 rings (SSSR count). The average Bonchev–Trinajstić information content (AvgIpc) is 2.38. The van der Waals surface area contributed by atoms with E-state index >= 15 is 0 Å². The number of hydrogen-bond donors (Lipinski definition) is 1. The van der Waals surface area contributed by atoms with E-state index in [0.29, 0.717) is 5.70 Å². The molecule has 20 heavy (non-hydrogen) atoms. The predicted molar refractivity (Wildman–Crippen MR) is 71.0 cm³/mol. The van der Waals surface area contributed by atoms with Crippen molar-refractivity contribution in [3.8, 4) is 0 Å². The monoisotopic (exact) mass is 278 g/mol. The van der Waals surface area contributed by atoms with Crippen LogP contribution in [0.2, 0.25) is 0 Å². The van der Waals surface area contributed by atoms with Crippen LogP contribution in [0, 0.1) is 10.1 Å². The Kier molecular flexibility index (Phi) is 5.40. The highest BCUT2D eigenvalue weighted by Gasteiger charge is 2.10. The number of benzene rings is 1. The Labute approximate surface area is 115 Å². The van der Waals surface area contributed by atoms with Gasteiger partial charge in [0.05, 0.1) is 11.5 Å². The molecule has 0 aromatic heterocycles. The highest BCUT2D eigenvalue weighted by Crippen LogP contribution is 2.12. The summed E-state index contributed by atoms with van der Waals surface area (Å²) in [6.45, 7) is 3.47. The van der Waals surface area contributed by atoms with Crippen LogP contribution in [0.25, 0.3) is 0 Å². The van der Waals surface area contributed by atoms with Crippen molar-refractivity contribution < 1.29 is 19.2 Å². The fourth-order valence-electron chi connectivity index (χ4n) is 1.38. The van der Waals surface area contributed by atoms with Gasteiger partial charge in [-0.05, 0) is 26.0 Å². The number of allylic oxidation sites excluding steroid dienone is 1. The molecule has 0 atom stereocenters. The van der Waals surface area contributed by atoms with Crippen molar-refractivity contribution in [3.05, 3.63) is 51.7 Å². The number of rotatable bonds is 5. The zero-order valence-corrected chi connectivity index (χ0v) is 11.1. The normalized spacial score (nSPS) is 10.8. The van der Waals surface area contributed by atoms with Crippen LogP contribution in [0.3, 0.4) is 0 Å². The van der Waals surface area contributed by atoms with Crippen LogP contribution >= 0.6 is 0 Å². The van der Waals surface area contributed by atoms with Gasteiger partial charge in [-0.15, -0.1) is 0 Å². The largest absolute Gasteiger partial charge is 0.463 e. The number of esters is 1. The third-order valence-corrected chi connectivity index (χ3v) is 2.27. The van der Waals surface area contributed by atoms with Gasteiger partial charge >= 0.3 is 5.97 Å². The van der Waals surface area contributed by atoms with Crippen LogP contribution in [0.1, 0.15) is 24.2 Å². The van der Waals surface area contributed by atoms with Gasteiger partial charge in [0, 0.05) is 29.5 Å². The van der Waals surface area contributed by atoms with Gasteiger partial charge in [-0.2, -0.15) is 0 Å². The molecule has 0 heterocycles. The van der Waals surface area contributed by atoms with Crippen molar-refractivity contribution in [2.45, 2.75) is 13.8 Å². The van der Waals surface area contributed by atoms with Crippen molar-refractivity contribution in [1.82, 2.24) is 5.32 Å². The van der Waals surface area contributed by atoms with Crippen LogP contribution in [-0.4, -0.2) is 23.4 Å². The van der Waals surface area contributed by atoms with Gasteiger partial charge < -0.3 is 10.1 Å². The number of amides is 1. The van der Waals surface area contributed by atoms with E-state index in [1.165, 1.54) is 24.3 Å². The fourth-order valence-corrected chi connectivity index (χ4v) is 1.38. The molecule has 1 aromatic carbocycles. The minimum Gasteiger partial charge on any atom is -0.463 e. The first-order valence-corrected chi connectivity index (χ1v) is 5.85. The van der Waals surface area contributed by atoms with Gasteiger partial charge in [-0.25, -0.2) is 4.79 Å². The highest BCUT2D eigenvalue weighted by molar-refractivity contribution is 5.96. The number of nitro benzene ring substituents is 1. The third kappa shape index (κ3) is 4.52. The Morgan fingerprint density at radius 2 is 1.95 bits per heavy atom. The molecule has 7 nitrogen and oxygen atoms in total. The Morgan fingerprint density at radius 3 is 2.45 bits per heavy atom. The maximum atomic E-state index is 11.8. The molecule has 0 unspecified atom stereocenters. The lowest BCUT2D eigenvalue weighted by atomic mass is 10.2. The molecular weight excluding hydrogens is 264 g/mol. The number of nitrogens with one attached hydrogen (secondary N) is 1. The van der Waals surface area contributed by atoms with Crippen LogP contribution in [-0.2, 0) is 9.53 Å². The molecule has 1 N–H and O–H groups in total. The molecule has 0 aliphatic carbocycles. The second-order valence-corrected chi connectivity index (χ2v) is 3.84. The predicted octanol–water partition coefficient (Wildman–Crippen LogP) is 1.79. The van der Waals surface area contributed by atoms with E-state index in [-0.39, 0.29) is 17.9 Å². The second-order valence-electron chi connectivity index (χ2n) is 3.84. The molecule has 1 aromatic rings. The molecule has 0 bridgehead atoms. The molecule has 0 saturated carbocycles. The first-order valence-electron chi connectivity index (χ1n) is 5.85. The zero-order chi connectivity index (χ0) is 15.1. The summed E-state index contributed by atoms with van der Waals surface area (Å²) in [5.41, 5.74) is 0.486. The molecular formula is C13H14N2O5. The highest BCUT2D eigenvalue weighted by atomic mass is 16.6. The number of non-ortho nitro benzene ring substituents is 1. The van der Waals surface area contributed by atoms with Gasteiger partial charge in [0.15, 0.2) is 0 Å². The van der Waals surface area contributed by atoms with Crippen molar-refractivity contribution in [2.75, 3.05) is 6.61 Å². The number of hydrogen-bond acceptors (Lipinski definition) is 5. The summed E-state index contributed by atoms with van der Waals surface area (Å²) in [5, 5.41) is 13.0. The quantitative estimate of drug-likeness (QED) is 0.383. The topological polar surface area (TPSA) is 98.5 Å². The molecule has 0 aliphatic rings. The third-order valence-electron chi connectivity index (χ3n) is 2.27. The molecule has 0 saturated heterocycles. The molecule has 7 heteroatoms. The SMILES string of the molecule is CCOC(=O)C=C(C)NC(=O)c1ccc([N+](=O)[O-])cc1. The van der Waals surface area contributed by atoms with E-state index in [2.05, 4.69) is 5.32 Å². The molecule has 0 fully saturated rings. The summed E-state index contributed by atoms with van der Waals surface area (Å²) in [4.78, 5) is 32.9. The minimum atomic E-state index is -0.548. The van der Waals surface area contributed by atoms with Crippen LogP contribution < -0.4 is 5.32 Å². The molecule has 0 radical (unpaired) electrons. The van der Waals surface area contributed by atoms with Gasteiger partial charge in [-0.3, -0.25) is 14.9 Å². The summed E-state index contributed by atoms with van der Waals surface area (Å²) in [7, 11) is 0. The number of ether oxygens (including phenoxy) is 1. The van der Waals surface area contributed by atoms with E-state index in [1.54, 1.807) is 13.8 Å². The lowest BCUT2D eigenvalue weighted by molar-refractivity contribution is -0.384. The average molecular weight is 278 g/mol. The lowest BCUT2D eigenvalue weighted by Gasteiger charge is -2.05. The fraction of sp³-hybridized carbons (Fsp3) is 0.231. The summed E-state index contributed by atoms with van der Waals surface area (Å²) in [6, 6.07) is 5.15. The van der Waals surface area contributed by atoms with Crippen molar-refractivity contribution in [2.24, 2.45) is 0 Å².